The van der Waals surface area contributed by atoms with Crippen molar-refractivity contribution in [1.82, 2.24) is 9.97 Å². The van der Waals surface area contributed by atoms with Crippen molar-refractivity contribution in [3.05, 3.63) is 86.6 Å². The lowest BCUT2D eigenvalue weighted by Gasteiger charge is -2.09. The summed E-state index contributed by atoms with van der Waals surface area (Å²) in [5.74, 6) is 0. The van der Waals surface area contributed by atoms with E-state index in [1.165, 1.54) is 0 Å². The zero-order valence-electron chi connectivity index (χ0n) is 13.5. The molecule has 1 N–H and O–H groups in total. The predicted molar refractivity (Wildman–Crippen MR) is 100 cm³/mol. The first kappa shape index (κ1) is 16.2. The zero-order chi connectivity index (χ0) is 17.1. The minimum Gasteiger partial charge on any atom is -0.361 e. The molecule has 2 aromatic heterocycles. The molecular weight excluding hydrogens is 320 g/mol. The van der Waals surface area contributed by atoms with Gasteiger partial charge in [-0.3, -0.25) is 9.78 Å². The molecule has 0 aliphatic carbocycles. The molecule has 0 saturated carbocycles. The third-order valence-corrected chi connectivity index (χ3v) is 4.29. The number of benzene rings is 1. The summed E-state index contributed by atoms with van der Waals surface area (Å²) in [7, 11) is 0. The Labute approximate surface area is 145 Å². The molecule has 0 unspecified atom stereocenters. The lowest BCUT2D eigenvalue weighted by Crippen LogP contribution is -2.11. The first-order chi connectivity index (χ1) is 11.6. The molecule has 0 atom stereocenters. The van der Waals surface area contributed by atoms with E-state index < -0.39 is 0 Å². The Morgan fingerprint density at radius 3 is 2.42 bits per heavy atom. The van der Waals surface area contributed by atoms with E-state index in [1.807, 2.05) is 61.5 Å². The number of aryl methyl sites for hydroxylation is 2. The van der Waals surface area contributed by atoms with Gasteiger partial charge in [-0.25, -0.2) is 0 Å². The third-order valence-electron chi connectivity index (χ3n) is 3.84. The number of aromatic nitrogens is 2. The summed E-state index contributed by atoms with van der Waals surface area (Å²) in [5.41, 5.74) is 4.78. The Balaban J connectivity index is 1.92. The molecule has 3 nitrogen and oxygen atoms in total. The van der Waals surface area contributed by atoms with E-state index in [4.69, 9.17) is 11.6 Å². The average molecular weight is 337 g/mol. The summed E-state index contributed by atoms with van der Waals surface area (Å²) < 4.78 is 0. The molecule has 0 saturated heterocycles. The van der Waals surface area contributed by atoms with Gasteiger partial charge < -0.3 is 4.98 Å². The Kier molecular flexibility index (Phi) is 4.63. The van der Waals surface area contributed by atoms with Gasteiger partial charge in [0.2, 0.25) is 5.43 Å². The second kappa shape index (κ2) is 6.85. The molecule has 3 aromatic rings. The minimum absolute atomic E-state index is 0.137. The number of aromatic amines is 1. The number of halogens is 1. The topological polar surface area (TPSA) is 45.8 Å². The van der Waals surface area contributed by atoms with E-state index in [-0.39, 0.29) is 10.5 Å². The van der Waals surface area contributed by atoms with Crippen LogP contribution in [0.4, 0.5) is 0 Å². The number of nitrogens with zero attached hydrogens (tertiary/aromatic N) is 1. The molecule has 4 heteroatoms. The van der Waals surface area contributed by atoms with Crippen LogP contribution in [0.1, 0.15) is 22.6 Å². The van der Waals surface area contributed by atoms with Crippen molar-refractivity contribution >= 4 is 23.8 Å². The van der Waals surface area contributed by atoms with E-state index in [9.17, 15) is 4.79 Å². The number of hydrogen-bond donors (Lipinski definition) is 1. The molecule has 0 amide bonds. The first-order valence-corrected chi connectivity index (χ1v) is 8.02. The van der Waals surface area contributed by atoms with Crippen LogP contribution < -0.4 is 5.43 Å². The van der Waals surface area contributed by atoms with Crippen molar-refractivity contribution in [3.63, 3.8) is 0 Å². The molecule has 0 bridgehead atoms. The average Bonchev–Trinajstić information content (AvgIpc) is 2.60. The quantitative estimate of drug-likeness (QED) is 0.741. The molecular formula is C20H17ClN2O. The lowest BCUT2D eigenvalue weighted by molar-refractivity contribution is 1.11. The molecule has 0 radical (unpaired) electrons. The van der Waals surface area contributed by atoms with Crippen molar-refractivity contribution in [1.29, 1.82) is 0 Å². The van der Waals surface area contributed by atoms with Crippen LogP contribution in [0.15, 0.2) is 53.5 Å². The van der Waals surface area contributed by atoms with E-state index in [2.05, 4.69) is 9.97 Å². The first-order valence-electron chi connectivity index (χ1n) is 7.65. The standard InChI is InChI=1S/C20H17ClN2O/c1-13-18(20(24)19(21)14(2)23-13)16-9-6-15(7-10-16)8-11-17-5-3-4-12-22-17/h3-12H,1-2H3,(H,23,24)/b11-8+. The van der Waals surface area contributed by atoms with Crippen LogP contribution >= 0.6 is 11.6 Å². The lowest BCUT2D eigenvalue weighted by atomic mass is 10.0. The Morgan fingerprint density at radius 1 is 1.00 bits per heavy atom. The molecule has 24 heavy (non-hydrogen) atoms. The summed E-state index contributed by atoms with van der Waals surface area (Å²) in [6, 6.07) is 13.6. The highest BCUT2D eigenvalue weighted by Gasteiger charge is 2.12. The minimum atomic E-state index is -0.137. The highest BCUT2D eigenvalue weighted by molar-refractivity contribution is 6.31. The Bertz CT molecular complexity index is 942. The van der Waals surface area contributed by atoms with Crippen LogP contribution in [0.5, 0.6) is 0 Å². The second-order valence-electron chi connectivity index (χ2n) is 5.60. The van der Waals surface area contributed by atoms with Gasteiger partial charge in [-0.05, 0) is 43.2 Å². The van der Waals surface area contributed by atoms with Crippen molar-refractivity contribution in [2.45, 2.75) is 13.8 Å². The largest absolute Gasteiger partial charge is 0.361 e. The number of rotatable bonds is 3. The molecule has 120 valence electrons. The summed E-state index contributed by atoms with van der Waals surface area (Å²) >= 11 is 6.09. The van der Waals surface area contributed by atoms with Gasteiger partial charge in [0.15, 0.2) is 0 Å². The van der Waals surface area contributed by atoms with Gasteiger partial charge in [0.25, 0.3) is 0 Å². The number of hydrogen-bond acceptors (Lipinski definition) is 2. The van der Waals surface area contributed by atoms with Gasteiger partial charge in [-0.15, -0.1) is 0 Å². The van der Waals surface area contributed by atoms with Crippen molar-refractivity contribution in [2.75, 3.05) is 0 Å². The van der Waals surface area contributed by atoms with Gasteiger partial charge in [-0.1, -0.05) is 48.0 Å². The molecule has 2 heterocycles. The molecule has 0 aliphatic heterocycles. The normalized spacial score (nSPS) is 11.1. The summed E-state index contributed by atoms with van der Waals surface area (Å²) in [6.45, 7) is 3.68. The third kappa shape index (κ3) is 3.31. The predicted octanol–water partition coefficient (Wildman–Crippen LogP) is 4.88. The Morgan fingerprint density at radius 2 is 1.75 bits per heavy atom. The summed E-state index contributed by atoms with van der Waals surface area (Å²) in [5, 5.41) is 0.245. The molecule has 0 fully saturated rings. The van der Waals surface area contributed by atoms with Crippen LogP contribution in [0, 0.1) is 13.8 Å². The SMILES string of the molecule is Cc1[nH]c(C)c(-c2ccc(/C=C/c3ccccn3)cc2)c(=O)c1Cl. The van der Waals surface area contributed by atoms with Crippen molar-refractivity contribution < 1.29 is 0 Å². The maximum absolute atomic E-state index is 12.4. The van der Waals surface area contributed by atoms with E-state index in [1.54, 1.807) is 13.1 Å². The van der Waals surface area contributed by atoms with Gasteiger partial charge in [0.1, 0.15) is 5.02 Å². The van der Waals surface area contributed by atoms with Gasteiger partial charge >= 0.3 is 0 Å². The molecule has 1 aromatic carbocycles. The maximum Gasteiger partial charge on any atom is 0.208 e. The fraction of sp³-hybridized carbons (Fsp3) is 0.100. The number of nitrogens with one attached hydrogen (secondary N) is 1. The number of H-pyrrole nitrogens is 1. The van der Waals surface area contributed by atoms with Crippen LogP contribution in [0.3, 0.4) is 0 Å². The molecule has 0 spiro atoms. The summed E-state index contributed by atoms with van der Waals surface area (Å²) in [4.78, 5) is 19.8. The second-order valence-corrected chi connectivity index (χ2v) is 5.98. The van der Waals surface area contributed by atoms with Gasteiger partial charge in [0.05, 0.1) is 5.69 Å². The van der Waals surface area contributed by atoms with Crippen LogP contribution in [0.25, 0.3) is 23.3 Å². The highest BCUT2D eigenvalue weighted by atomic mass is 35.5. The van der Waals surface area contributed by atoms with Crippen LogP contribution in [-0.2, 0) is 0 Å². The van der Waals surface area contributed by atoms with E-state index >= 15 is 0 Å². The van der Waals surface area contributed by atoms with Crippen LogP contribution in [-0.4, -0.2) is 9.97 Å². The monoisotopic (exact) mass is 336 g/mol. The van der Waals surface area contributed by atoms with E-state index in [0.717, 1.165) is 22.5 Å². The summed E-state index contributed by atoms with van der Waals surface area (Å²) in [6.07, 6.45) is 5.71. The van der Waals surface area contributed by atoms with Crippen LogP contribution in [0.2, 0.25) is 5.02 Å². The van der Waals surface area contributed by atoms with Gasteiger partial charge in [-0.2, -0.15) is 0 Å². The molecule has 0 aliphatic rings. The van der Waals surface area contributed by atoms with E-state index in [0.29, 0.717) is 11.3 Å². The van der Waals surface area contributed by atoms with Crippen molar-refractivity contribution in [2.24, 2.45) is 0 Å². The maximum atomic E-state index is 12.4. The smallest absolute Gasteiger partial charge is 0.208 e. The fourth-order valence-corrected chi connectivity index (χ4v) is 2.76. The zero-order valence-corrected chi connectivity index (χ0v) is 14.3. The molecule has 3 rings (SSSR count). The van der Waals surface area contributed by atoms with Gasteiger partial charge in [0, 0.05) is 23.1 Å². The number of pyridine rings is 2. The Hall–Kier alpha value is -2.65. The highest BCUT2D eigenvalue weighted by Crippen LogP contribution is 2.22. The fourth-order valence-electron chi connectivity index (χ4n) is 2.61. The van der Waals surface area contributed by atoms with Crippen molar-refractivity contribution in [3.8, 4) is 11.1 Å².